The maximum absolute atomic E-state index is 12.6. The highest BCUT2D eigenvalue weighted by atomic mass is 19.4. The summed E-state index contributed by atoms with van der Waals surface area (Å²) in [6, 6.07) is 0. The largest absolute Gasteiger partial charge is 0.481 e. The molecular formula is C8H12F7NO2. The first-order valence-electron chi connectivity index (χ1n) is 4.46. The molecule has 0 aliphatic carbocycles. The van der Waals surface area contributed by atoms with Crippen molar-refractivity contribution in [1.82, 2.24) is 6.15 Å². The zero-order valence-electron chi connectivity index (χ0n) is 9.04. The summed E-state index contributed by atoms with van der Waals surface area (Å²) < 4.78 is 84.7. The van der Waals surface area contributed by atoms with Crippen LogP contribution in [0.2, 0.25) is 0 Å². The van der Waals surface area contributed by atoms with Gasteiger partial charge in [0.1, 0.15) is 0 Å². The molecule has 0 saturated carbocycles. The Balaban J connectivity index is 0. The number of alkyl halides is 7. The van der Waals surface area contributed by atoms with Crippen molar-refractivity contribution in [2.24, 2.45) is 0 Å². The molecule has 0 aliphatic rings. The van der Waals surface area contributed by atoms with Gasteiger partial charge in [-0.15, -0.1) is 0 Å². The van der Waals surface area contributed by atoms with Crippen LogP contribution in [0.5, 0.6) is 0 Å². The van der Waals surface area contributed by atoms with E-state index in [1.807, 2.05) is 0 Å². The van der Waals surface area contributed by atoms with Crippen molar-refractivity contribution in [2.45, 2.75) is 43.7 Å². The fourth-order valence-corrected chi connectivity index (χ4v) is 0.988. The Morgan fingerprint density at radius 3 is 1.72 bits per heavy atom. The van der Waals surface area contributed by atoms with Gasteiger partial charge in [0, 0.05) is 12.8 Å². The van der Waals surface area contributed by atoms with Crippen LogP contribution in [0.1, 0.15) is 25.7 Å². The monoisotopic (exact) mass is 287 g/mol. The van der Waals surface area contributed by atoms with Crippen molar-refractivity contribution < 1.29 is 40.6 Å². The minimum atomic E-state index is -6.33. The molecule has 110 valence electrons. The van der Waals surface area contributed by atoms with Crippen molar-refractivity contribution in [3.05, 3.63) is 0 Å². The van der Waals surface area contributed by atoms with E-state index in [1.54, 1.807) is 0 Å². The van der Waals surface area contributed by atoms with Crippen LogP contribution >= 0.6 is 0 Å². The first kappa shape index (κ1) is 19.3. The third kappa shape index (κ3) is 4.67. The number of carbonyl (C=O) groups is 1. The lowest BCUT2D eigenvalue weighted by atomic mass is 10.0. The van der Waals surface area contributed by atoms with Gasteiger partial charge < -0.3 is 11.3 Å². The molecule has 0 aromatic carbocycles. The van der Waals surface area contributed by atoms with Gasteiger partial charge in [-0.1, -0.05) is 0 Å². The van der Waals surface area contributed by atoms with Crippen molar-refractivity contribution in [1.29, 1.82) is 0 Å². The van der Waals surface area contributed by atoms with Crippen LogP contribution in [0.3, 0.4) is 0 Å². The van der Waals surface area contributed by atoms with E-state index in [2.05, 4.69) is 0 Å². The smallest absolute Gasteiger partial charge is 0.459 e. The molecule has 0 aromatic rings. The molecule has 0 amide bonds. The molecule has 0 aliphatic heterocycles. The molecule has 0 fully saturated rings. The molecule has 0 bridgehead atoms. The lowest BCUT2D eigenvalue weighted by molar-refractivity contribution is -0.355. The van der Waals surface area contributed by atoms with E-state index in [1.165, 1.54) is 0 Å². The summed E-state index contributed by atoms with van der Waals surface area (Å²) in [5, 5.41) is 8.12. The van der Waals surface area contributed by atoms with E-state index in [4.69, 9.17) is 5.11 Å². The highest BCUT2D eigenvalue weighted by molar-refractivity contribution is 5.66. The second-order valence-electron chi connectivity index (χ2n) is 3.38. The SMILES string of the molecule is N.O=C(O)CCCCC(F)(F)C(F)(F)C(F)(F)F. The van der Waals surface area contributed by atoms with Crippen LogP contribution in [0.15, 0.2) is 0 Å². The van der Waals surface area contributed by atoms with Gasteiger partial charge in [-0.2, -0.15) is 30.7 Å². The lowest BCUT2D eigenvalue weighted by Crippen LogP contribution is -2.51. The number of hydrogen-bond donors (Lipinski definition) is 2. The van der Waals surface area contributed by atoms with Crippen LogP contribution in [0.25, 0.3) is 0 Å². The van der Waals surface area contributed by atoms with Gasteiger partial charge in [0.2, 0.25) is 0 Å². The van der Waals surface area contributed by atoms with Crippen LogP contribution in [0, 0.1) is 0 Å². The molecule has 0 atom stereocenters. The maximum atomic E-state index is 12.6. The van der Waals surface area contributed by atoms with Crippen molar-refractivity contribution in [2.75, 3.05) is 0 Å². The fourth-order valence-electron chi connectivity index (χ4n) is 0.988. The van der Waals surface area contributed by atoms with Gasteiger partial charge in [-0.05, 0) is 12.8 Å². The molecule has 0 radical (unpaired) electrons. The quantitative estimate of drug-likeness (QED) is 0.578. The zero-order chi connectivity index (χ0) is 13.9. The summed E-state index contributed by atoms with van der Waals surface area (Å²) in [6.45, 7) is 0. The molecule has 10 heteroatoms. The predicted octanol–water partition coefficient (Wildman–Crippen LogP) is 3.63. The second-order valence-corrected chi connectivity index (χ2v) is 3.38. The summed E-state index contributed by atoms with van der Waals surface area (Å²) in [7, 11) is 0. The van der Waals surface area contributed by atoms with E-state index in [-0.39, 0.29) is 6.15 Å². The topological polar surface area (TPSA) is 72.3 Å². The summed E-state index contributed by atoms with van der Waals surface area (Å²) >= 11 is 0. The Hall–Kier alpha value is -1.06. The average Bonchev–Trinajstić information content (AvgIpc) is 2.10. The van der Waals surface area contributed by atoms with Crippen molar-refractivity contribution in [3.8, 4) is 0 Å². The predicted molar refractivity (Wildman–Crippen MR) is 47.1 cm³/mol. The maximum Gasteiger partial charge on any atom is 0.459 e. The van der Waals surface area contributed by atoms with E-state index >= 15 is 0 Å². The first-order chi connectivity index (χ1) is 7.42. The summed E-state index contributed by atoms with van der Waals surface area (Å²) in [5.41, 5.74) is 0. The number of halogens is 7. The lowest BCUT2D eigenvalue weighted by Gasteiger charge is -2.28. The Bertz CT molecular complexity index is 277. The number of hydrogen-bond acceptors (Lipinski definition) is 2. The summed E-state index contributed by atoms with van der Waals surface area (Å²) in [5.74, 6) is -12.7. The Kier molecular flexibility index (Phi) is 6.65. The van der Waals surface area contributed by atoms with Crippen LogP contribution < -0.4 is 6.15 Å². The van der Waals surface area contributed by atoms with Crippen LogP contribution in [-0.4, -0.2) is 29.1 Å². The number of carboxylic acids is 1. The van der Waals surface area contributed by atoms with Crippen molar-refractivity contribution in [3.63, 3.8) is 0 Å². The third-order valence-electron chi connectivity index (χ3n) is 1.95. The Morgan fingerprint density at radius 1 is 0.944 bits per heavy atom. The normalized spacial score (nSPS) is 13.1. The van der Waals surface area contributed by atoms with E-state index in [9.17, 15) is 35.5 Å². The minimum absolute atomic E-state index is 0. The molecule has 0 saturated heterocycles. The molecule has 0 rings (SSSR count). The molecule has 4 N–H and O–H groups in total. The molecule has 3 nitrogen and oxygen atoms in total. The van der Waals surface area contributed by atoms with Gasteiger partial charge in [-0.25, -0.2) is 0 Å². The second kappa shape index (κ2) is 6.21. The molecular weight excluding hydrogens is 275 g/mol. The molecule has 0 aromatic heterocycles. The first-order valence-corrected chi connectivity index (χ1v) is 4.46. The van der Waals surface area contributed by atoms with Gasteiger partial charge in [0.15, 0.2) is 0 Å². The standard InChI is InChI=1S/C8H9F7O2.H3N/c9-6(10,4-2-1-3-5(16)17)7(11,12)8(13,14)15;/h1-4H2,(H,16,17);1H3. The summed E-state index contributed by atoms with van der Waals surface area (Å²) in [4.78, 5) is 9.96. The third-order valence-corrected chi connectivity index (χ3v) is 1.95. The van der Waals surface area contributed by atoms with E-state index < -0.39 is 49.7 Å². The fraction of sp³-hybridized carbons (Fsp3) is 0.875. The molecule has 0 heterocycles. The van der Waals surface area contributed by atoms with E-state index in [0.717, 1.165) is 0 Å². The van der Waals surface area contributed by atoms with Gasteiger partial charge in [0.25, 0.3) is 0 Å². The Labute approximate surface area is 97.5 Å². The van der Waals surface area contributed by atoms with Gasteiger partial charge in [0.05, 0.1) is 0 Å². The molecule has 18 heavy (non-hydrogen) atoms. The number of rotatable bonds is 6. The minimum Gasteiger partial charge on any atom is -0.481 e. The summed E-state index contributed by atoms with van der Waals surface area (Å²) in [6.07, 6.45) is -9.73. The van der Waals surface area contributed by atoms with Crippen LogP contribution in [0.4, 0.5) is 30.7 Å². The van der Waals surface area contributed by atoms with Gasteiger partial charge >= 0.3 is 24.0 Å². The highest BCUT2D eigenvalue weighted by Crippen LogP contribution is 2.48. The molecule has 0 unspecified atom stereocenters. The number of unbranched alkanes of at least 4 members (excludes halogenated alkanes) is 1. The van der Waals surface area contributed by atoms with Crippen LogP contribution in [-0.2, 0) is 4.79 Å². The van der Waals surface area contributed by atoms with Crippen molar-refractivity contribution >= 4 is 5.97 Å². The Morgan fingerprint density at radius 2 is 1.39 bits per heavy atom. The van der Waals surface area contributed by atoms with Gasteiger partial charge in [-0.3, -0.25) is 4.79 Å². The number of aliphatic carboxylic acids is 1. The molecule has 0 spiro atoms. The average molecular weight is 287 g/mol. The van der Waals surface area contributed by atoms with E-state index in [0.29, 0.717) is 0 Å². The zero-order valence-corrected chi connectivity index (χ0v) is 9.04. The highest BCUT2D eigenvalue weighted by Gasteiger charge is 2.72. The number of carboxylic acid groups (broad SMARTS) is 1.